The van der Waals surface area contributed by atoms with Gasteiger partial charge in [-0.2, -0.15) is 5.10 Å². The maximum absolute atomic E-state index is 12.0. The van der Waals surface area contributed by atoms with E-state index in [2.05, 4.69) is 5.10 Å². The first-order valence-corrected chi connectivity index (χ1v) is 6.29. The molecule has 1 heterocycles. The maximum Gasteiger partial charge on any atom is 0.306 e. The normalized spacial score (nSPS) is 10.4. The summed E-state index contributed by atoms with van der Waals surface area (Å²) in [6, 6.07) is 0. The number of aromatic nitrogens is 2. The first-order valence-electron chi connectivity index (χ1n) is 6.29. The van der Waals surface area contributed by atoms with Gasteiger partial charge in [0, 0.05) is 19.7 Å². The predicted octanol–water partition coefficient (Wildman–Crippen LogP) is 1.90. The van der Waals surface area contributed by atoms with Crippen LogP contribution in [0.25, 0.3) is 0 Å². The number of Topliss-reactive ketones (excluding diaryl/α,β-unsaturated/α-hetero) is 1. The lowest BCUT2D eigenvalue weighted by atomic mass is 10.1. The molecule has 0 atom stereocenters. The molecule has 0 aromatic carbocycles. The summed E-state index contributed by atoms with van der Waals surface area (Å²) < 4.78 is 6.55. The molecule has 0 aliphatic rings. The fourth-order valence-corrected chi connectivity index (χ4v) is 1.67. The van der Waals surface area contributed by atoms with Gasteiger partial charge in [0.15, 0.2) is 5.78 Å². The molecular formula is C13H20N2O3. The number of ketones is 1. The number of carbonyl (C=O) groups is 2. The first kappa shape index (κ1) is 14.4. The second kappa shape index (κ2) is 6.93. The molecule has 0 unspecified atom stereocenters. The van der Waals surface area contributed by atoms with E-state index in [9.17, 15) is 9.59 Å². The molecule has 5 heteroatoms. The first-order chi connectivity index (χ1) is 8.58. The van der Waals surface area contributed by atoms with Crippen LogP contribution in [-0.4, -0.2) is 28.1 Å². The van der Waals surface area contributed by atoms with Crippen LogP contribution in [0.5, 0.6) is 0 Å². The van der Waals surface area contributed by atoms with Gasteiger partial charge in [-0.15, -0.1) is 0 Å². The number of hydrogen-bond acceptors (Lipinski definition) is 4. The summed E-state index contributed by atoms with van der Waals surface area (Å²) in [6.45, 7) is 4.30. The lowest BCUT2D eigenvalue weighted by Gasteiger charge is -2.02. The highest BCUT2D eigenvalue weighted by Gasteiger charge is 2.15. The molecule has 0 fully saturated rings. The van der Waals surface area contributed by atoms with Gasteiger partial charge in [-0.25, -0.2) is 0 Å². The predicted molar refractivity (Wildman–Crippen MR) is 67.4 cm³/mol. The van der Waals surface area contributed by atoms with E-state index in [0.717, 1.165) is 12.1 Å². The molecule has 0 saturated carbocycles. The number of ether oxygens (including phenoxy) is 1. The lowest BCUT2D eigenvalue weighted by Crippen LogP contribution is -2.09. The highest BCUT2D eigenvalue weighted by Crippen LogP contribution is 2.11. The molecule has 0 radical (unpaired) electrons. The van der Waals surface area contributed by atoms with Crippen molar-refractivity contribution in [2.24, 2.45) is 7.05 Å². The topological polar surface area (TPSA) is 61.2 Å². The SMILES string of the molecule is CCCOC(=O)CCC(=O)c1cn(C)nc1CC. The summed E-state index contributed by atoms with van der Waals surface area (Å²) in [7, 11) is 1.78. The summed E-state index contributed by atoms with van der Waals surface area (Å²) in [5, 5.41) is 4.21. The Morgan fingerprint density at radius 2 is 2.06 bits per heavy atom. The van der Waals surface area contributed by atoms with E-state index in [1.165, 1.54) is 0 Å². The van der Waals surface area contributed by atoms with Gasteiger partial charge in [0.1, 0.15) is 0 Å². The Morgan fingerprint density at radius 3 is 2.67 bits per heavy atom. The van der Waals surface area contributed by atoms with E-state index < -0.39 is 0 Å². The summed E-state index contributed by atoms with van der Waals surface area (Å²) in [5.74, 6) is -0.361. The monoisotopic (exact) mass is 252 g/mol. The van der Waals surface area contributed by atoms with E-state index in [0.29, 0.717) is 18.6 Å². The quantitative estimate of drug-likeness (QED) is 0.549. The van der Waals surface area contributed by atoms with Crippen LogP contribution in [0.4, 0.5) is 0 Å². The molecule has 0 saturated heterocycles. The van der Waals surface area contributed by atoms with Crippen LogP contribution in [0, 0.1) is 0 Å². The van der Waals surface area contributed by atoms with Crippen molar-refractivity contribution in [2.45, 2.75) is 39.5 Å². The van der Waals surface area contributed by atoms with Crippen molar-refractivity contribution in [2.75, 3.05) is 6.61 Å². The highest BCUT2D eigenvalue weighted by molar-refractivity contribution is 5.98. The minimum absolute atomic E-state index is 0.0478. The Hall–Kier alpha value is -1.65. The van der Waals surface area contributed by atoms with E-state index >= 15 is 0 Å². The third-order valence-electron chi connectivity index (χ3n) is 2.56. The fraction of sp³-hybridized carbons (Fsp3) is 0.615. The standard InChI is InChI=1S/C13H20N2O3/c1-4-8-18-13(17)7-6-12(16)10-9-15(3)14-11(10)5-2/h9H,4-8H2,1-3H3. The van der Waals surface area contributed by atoms with Crippen molar-refractivity contribution in [1.82, 2.24) is 9.78 Å². The van der Waals surface area contributed by atoms with Crippen LogP contribution >= 0.6 is 0 Å². The average Bonchev–Trinajstić information content (AvgIpc) is 2.74. The molecule has 0 spiro atoms. The van der Waals surface area contributed by atoms with Gasteiger partial charge in [-0.1, -0.05) is 13.8 Å². The number of carbonyl (C=O) groups excluding carboxylic acids is 2. The number of rotatable bonds is 7. The second-order valence-electron chi connectivity index (χ2n) is 4.16. The Balaban J connectivity index is 2.52. The Bertz CT molecular complexity index is 424. The minimum Gasteiger partial charge on any atom is -0.466 e. The van der Waals surface area contributed by atoms with Crippen LogP contribution < -0.4 is 0 Å². The van der Waals surface area contributed by atoms with Crippen molar-refractivity contribution in [1.29, 1.82) is 0 Å². The molecule has 0 amide bonds. The minimum atomic E-state index is -0.313. The van der Waals surface area contributed by atoms with E-state index in [-0.39, 0.29) is 24.6 Å². The van der Waals surface area contributed by atoms with Gasteiger partial charge in [0.2, 0.25) is 0 Å². The summed E-state index contributed by atoms with van der Waals surface area (Å²) in [6.07, 6.45) is 3.53. The van der Waals surface area contributed by atoms with Gasteiger partial charge in [-0.05, 0) is 12.8 Å². The molecule has 1 aromatic heterocycles. The molecule has 18 heavy (non-hydrogen) atoms. The molecule has 0 aliphatic heterocycles. The molecule has 0 bridgehead atoms. The fourth-order valence-electron chi connectivity index (χ4n) is 1.67. The number of hydrogen-bond donors (Lipinski definition) is 0. The molecule has 0 aliphatic carbocycles. The van der Waals surface area contributed by atoms with E-state index in [1.54, 1.807) is 17.9 Å². The zero-order valence-corrected chi connectivity index (χ0v) is 11.2. The van der Waals surface area contributed by atoms with Crippen LogP contribution in [-0.2, 0) is 23.0 Å². The number of nitrogens with zero attached hydrogens (tertiary/aromatic N) is 2. The zero-order valence-electron chi connectivity index (χ0n) is 11.2. The summed E-state index contributed by atoms with van der Waals surface area (Å²) in [5.41, 5.74) is 1.40. The summed E-state index contributed by atoms with van der Waals surface area (Å²) >= 11 is 0. The Morgan fingerprint density at radius 1 is 1.33 bits per heavy atom. The maximum atomic E-state index is 12.0. The van der Waals surface area contributed by atoms with Crippen LogP contribution in [0.3, 0.4) is 0 Å². The molecule has 5 nitrogen and oxygen atoms in total. The van der Waals surface area contributed by atoms with Gasteiger partial charge in [-0.3, -0.25) is 14.3 Å². The Labute approximate surface area is 107 Å². The van der Waals surface area contributed by atoms with Gasteiger partial charge in [0.25, 0.3) is 0 Å². The van der Waals surface area contributed by atoms with Crippen molar-refractivity contribution < 1.29 is 14.3 Å². The molecule has 1 aromatic rings. The smallest absolute Gasteiger partial charge is 0.306 e. The van der Waals surface area contributed by atoms with E-state index in [4.69, 9.17) is 4.74 Å². The lowest BCUT2D eigenvalue weighted by molar-refractivity contribution is -0.143. The highest BCUT2D eigenvalue weighted by atomic mass is 16.5. The van der Waals surface area contributed by atoms with Crippen molar-refractivity contribution in [3.05, 3.63) is 17.5 Å². The van der Waals surface area contributed by atoms with Crippen molar-refractivity contribution in [3.8, 4) is 0 Å². The molecule has 0 N–H and O–H groups in total. The van der Waals surface area contributed by atoms with Crippen LogP contribution in [0.1, 0.15) is 49.2 Å². The molecular weight excluding hydrogens is 232 g/mol. The van der Waals surface area contributed by atoms with Crippen molar-refractivity contribution >= 4 is 11.8 Å². The van der Waals surface area contributed by atoms with Crippen LogP contribution in [0.15, 0.2) is 6.20 Å². The average molecular weight is 252 g/mol. The van der Waals surface area contributed by atoms with Crippen molar-refractivity contribution in [3.63, 3.8) is 0 Å². The second-order valence-corrected chi connectivity index (χ2v) is 4.16. The molecule has 100 valence electrons. The van der Waals surface area contributed by atoms with Gasteiger partial charge < -0.3 is 4.74 Å². The Kier molecular flexibility index (Phi) is 5.55. The van der Waals surface area contributed by atoms with Crippen LogP contribution in [0.2, 0.25) is 0 Å². The van der Waals surface area contributed by atoms with Gasteiger partial charge >= 0.3 is 5.97 Å². The zero-order chi connectivity index (χ0) is 13.5. The third kappa shape index (κ3) is 3.98. The van der Waals surface area contributed by atoms with E-state index in [1.807, 2.05) is 13.8 Å². The number of esters is 1. The van der Waals surface area contributed by atoms with Gasteiger partial charge in [0.05, 0.1) is 24.3 Å². The largest absolute Gasteiger partial charge is 0.466 e. The summed E-state index contributed by atoms with van der Waals surface area (Å²) in [4.78, 5) is 23.3. The third-order valence-corrected chi connectivity index (χ3v) is 2.56. The molecule has 1 rings (SSSR count). The number of aryl methyl sites for hydroxylation is 2.